The number of amides is 1. The van der Waals surface area contributed by atoms with Gasteiger partial charge in [-0.3, -0.25) is 4.79 Å². The number of halogens is 2. The van der Waals surface area contributed by atoms with Gasteiger partial charge in [0.05, 0.1) is 27.5 Å². The van der Waals surface area contributed by atoms with Crippen LogP contribution < -0.4 is 5.32 Å². The lowest BCUT2D eigenvalue weighted by atomic mass is 9.98. The first-order valence-corrected chi connectivity index (χ1v) is 12.3. The second kappa shape index (κ2) is 10.8. The first kappa shape index (κ1) is 23.9. The summed E-state index contributed by atoms with van der Waals surface area (Å²) < 4.78 is 1.62. The van der Waals surface area contributed by atoms with Crippen molar-refractivity contribution in [2.45, 2.75) is 12.5 Å². The first-order chi connectivity index (χ1) is 17.6. The molecule has 0 fully saturated rings. The molecule has 6 heteroatoms. The van der Waals surface area contributed by atoms with Crippen molar-refractivity contribution in [3.63, 3.8) is 0 Å². The largest absolute Gasteiger partial charge is 0.344 e. The van der Waals surface area contributed by atoms with Gasteiger partial charge in [0.15, 0.2) is 0 Å². The fraction of sp³-hybridized carbons (Fsp3) is 0.0667. The van der Waals surface area contributed by atoms with Crippen LogP contribution >= 0.6 is 23.2 Å². The number of nitrogens with one attached hydrogen (secondary N) is 1. The van der Waals surface area contributed by atoms with Crippen LogP contribution in [0.3, 0.4) is 0 Å². The molecule has 0 aliphatic carbocycles. The van der Waals surface area contributed by atoms with Crippen molar-refractivity contribution in [3.05, 3.63) is 142 Å². The van der Waals surface area contributed by atoms with Crippen LogP contribution in [0.25, 0.3) is 16.9 Å². The summed E-state index contributed by atoms with van der Waals surface area (Å²) in [5.41, 5.74) is 4.81. The minimum Gasteiger partial charge on any atom is -0.344 e. The predicted molar refractivity (Wildman–Crippen MR) is 146 cm³/mol. The molecular formula is C30H23Cl2N3O. The lowest BCUT2D eigenvalue weighted by Gasteiger charge is -2.20. The van der Waals surface area contributed by atoms with Gasteiger partial charge in [-0.05, 0) is 41.8 Å². The lowest BCUT2D eigenvalue weighted by molar-refractivity contribution is 0.0928. The van der Waals surface area contributed by atoms with E-state index in [1.807, 2.05) is 78.9 Å². The Labute approximate surface area is 220 Å². The molecule has 1 amide bonds. The van der Waals surface area contributed by atoms with Gasteiger partial charge in [-0.2, -0.15) is 5.10 Å². The van der Waals surface area contributed by atoms with Crippen molar-refractivity contribution < 1.29 is 4.79 Å². The van der Waals surface area contributed by atoms with E-state index in [4.69, 9.17) is 28.3 Å². The number of aromatic nitrogens is 2. The van der Waals surface area contributed by atoms with E-state index in [-0.39, 0.29) is 11.9 Å². The Bertz CT molecular complexity index is 1470. The molecule has 1 heterocycles. The van der Waals surface area contributed by atoms with Crippen LogP contribution in [0.2, 0.25) is 10.0 Å². The maximum atomic E-state index is 13.8. The summed E-state index contributed by atoms with van der Waals surface area (Å²) in [6, 6.07) is 36.7. The van der Waals surface area contributed by atoms with Gasteiger partial charge in [0.25, 0.3) is 5.91 Å². The highest BCUT2D eigenvalue weighted by Crippen LogP contribution is 2.28. The maximum Gasteiger partial charge on any atom is 0.270 e. The summed E-state index contributed by atoms with van der Waals surface area (Å²) in [7, 11) is 0. The molecule has 0 bridgehead atoms. The molecule has 1 atom stereocenters. The van der Waals surface area contributed by atoms with Crippen LogP contribution in [-0.2, 0) is 6.42 Å². The molecular weight excluding hydrogens is 489 g/mol. The molecule has 0 saturated carbocycles. The van der Waals surface area contributed by atoms with E-state index < -0.39 is 0 Å². The minimum absolute atomic E-state index is 0.224. The summed E-state index contributed by atoms with van der Waals surface area (Å²) >= 11 is 12.4. The number of rotatable bonds is 7. The van der Waals surface area contributed by atoms with E-state index in [0.717, 1.165) is 16.7 Å². The summed E-state index contributed by atoms with van der Waals surface area (Å²) in [6.07, 6.45) is 0.656. The number of nitrogens with zero attached hydrogens (tertiary/aromatic N) is 2. The molecule has 4 nitrogen and oxygen atoms in total. The van der Waals surface area contributed by atoms with Gasteiger partial charge in [0, 0.05) is 5.56 Å². The Balaban J connectivity index is 1.54. The summed E-state index contributed by atoms with van der Waals surface area (Å²) in [4.78, 5) is 13.8. The predicted octanol–water partition coefficient (Wildman–Crippen LogP) is 7.56. The van der Waals surface area contributed by atoms with Gasteiger partial charge in [0.2, 0.25) is 0 Å². The van der Waals surface area contributed by atoms with Gasteiger partial charge in [-0.25, -0.2) is 4.68 Å². The average Bonchev–Trinajstić information content (AvgIpc) is 3.37. The van der Waals surface area contributed by atoms with E-state index in [2.05, 4.69) is 17.4 Å². The number of carbonyl (C=O) groups excluding carboxylic acids is 1. The second-order valence-corrected chi connectivity index (χ2v) is 9.23. The second-order valence-electron chi connectivity index (χ2n) is 8.42. The van der Waals surface area contributed by atoms with Crippen molar-refractivity contribution in [2.75, 3.05) is 0 Å². The summed E-state index contributed by atoms with van der Waals surface area (Å²) in [6.45, 7) is 0. The number of carbonyl (C=O) groups is 1. The van der Waals surface area contributed by atoms with Crippen molar-refractivity contribution in [1.29, 1.82) is 0 Å². The monoisotopic (exact) mass is 511 g/mol. The number of hydrogen-bond acceptors (Lipinski definition) is 2. The standard InChI is InChI=1S/C30H23Cl2N3O/c31-25-17-16-24(19-26(25)32)35-29(20-28(34-35)23-14-8-3-9-15-23)30(36)33-27(22-12-6-2-7-13-22)18-21-10-4-1-5-11-21/h1-17,19-20,27H,18H2,(H,33,36). The third-order valence-electron chi connectivity index (χ3n) is 5.95. The van der Waals surface area contributed by atoms with E-state index in [1.54, 1.807) is 28.9 Å². The smallest absolute Gasteiger partial charge is 0.270 e. The van der Waals surface area contributed by atoms with Crippen LogP contribution in [0, 0.1) is 0 Å². The highest BCUT2D eigenvalue weighted by Gasteiger charge is 2.22. The molecule has 1 aromatic heterocycles. The topological polar surface area (TPSA) is 46.9 Å². The molecule has 0 saturated heterocycles. The molecule has 36 heavy (non-hydrogen) atoms. The molecule has 178 valence electrons. The van der Waals surface area contributed by atoms with E-state index in [1.165, 1.54) is 0 Å². The summed E-state index contributed by atoms with van der Waals surface area (Å²) in [5.74, 6) is -0.236. The normalized spacial score (nSPS) is 11.7. The Morgan fingerprint density at radius 2 is 1.42 bits per heavy atom. The van der Waals surface area contributed by atoms with Crippen LogP contribution in [0.1, 0.15) is 27.7 Å². The van der Waals surface area contributed by atoms with Gasteiger partial charge in [-0.15, -0.1) is 0 Å². The highest BCUT2D eigenvalue weighted by molar-refractivity contribution is 6.42. The fourth-order valence-electron chi connectivity index (χ4n) is 4.13. The Morgan fingerprint density at radius 3 is 2.08 bits per heavy atom. The van der Waals surface area contributed by atoms with Gasteiger partial charge in [0.1, 0.15) is 5.69 Å². The first-order valence-electron chi connectivity index (χ1n) is 11.6. The molecule has 1 unspecified atom stereocenters. The molecule has 5 rings (SSSR count). The Hall–Kier alpha value is -3.86. The van der Waals surface area contributed by atoms with Gasteiger partial charge < -0.3 is 5.32 Å². The lowest BCUT2D eigenvalue weighted by Crippen LogP contribution is -2.31. The van der Waals surface area contributed by atoms with Crippen molar-refractivity contribution >= 4 is 29.1 Å². The SMILES string of the molecule is O=C(NC(Cc1ccccc1)c1ccccc1)c1cc(-c2ccccc2)nn1-c1ccc(Cl)c(Cl)c1. The quantitative estimate of drug-likeness (QED) is 0.245. The van der Waals surface area contributed by atoms with E-state index in [9.17, 15) is 4.79 Å². The van der Waals surface area contributed by atoms with Crippen LogP contribution in [0.15, 0.2) is 115 Å². The van der Waals surface area contributed by atoms with Gasteiger partial charge in [-0.1, -0.05) is 114 Å². The van der Waals surface area contributed by atoms with E-state index in [0.29, 0.717) is 33.5 Å². The van der Waals surface area contributed by atoms with Crippen molar-refractivity contribution in [3.8, 4) is 16.9 Å². The average molecular weight is 512 g/mol. The molecule has 0 aliphatic heterocycles. The minimum atomic E-state index is -0.236. The van der Waals surface area contributed by atoms with Crippen LogP contribution in [-0.4, -0.2) is 15.7 Å². The van der Waals surface area contributed by atoms with E-state index >= 15 is 0 Å². The third kappa shape index (κ3) is 5.35. The van der Waals surface area contributed by atoms with Crippen LogP contribution in [0.4, 0.5) is 0 Å². The van der Waals surface area contributed by atoms with Crippen LogP contribution in [0.5, 0.6) is 0 Å². The maximum absolute atomic E-state index is 13.8. The number of hydrogen-bond donors (Lipinski definition) is 1. The molecule has 4 aromatic carbocycles. The zero-order valence-corrected chi connectivity index (χ0v) is 20.8. The molecule has 0 radical (unpaired) electrons. The fourth-order valence-corrected chi connectivity index (χ4v) is 4.42. The molecule has 5 aromatic rings. The Morgan fingerprint density at radius 1 is 0.778 bits per heavy atom. The zero-order valence-electron chi connectivity index (χ0n) is 19.3. The zero-order chi connectivity index (χ0) is 24.9. The molecule has 1 N–H and O–H groups in total. The van der Waals surface area contributed by atoms with Gasteiger partial charge >= 0.3 is 0 Å². The van der Waals surface area contributed by atoms with Crippen molar-refractivity contribution in [2.24, 2.45) is 0 Å². The highest BCUT2D eigenvalue weighted by atomic mass is 35.5. The summed E-state index contributed by atoms with van der Waals surface area (Å²) in [5, 5.41) is 8.83. The molecule has 0 aliphatic rings. The Kier molecular flexibility index (Phi) is 7.17. The molecule has 0 spiro atoms. The van der Waals surface area contributed by atoms with Crippen molar-refractivity contribution in [1.82, 2.24) is 15.1 Å². The number of benzene rings is 4. The third-order valence-corrected chi connectivity index (χ3v) is 6.69.